The van der Waals surface area contributed by atoms with E-state index in [1.165, 1.54) is 33.8 Å². The smallest absolute Gasteiger partial charge is 0.381 e. The van der Waals surface area contributed by atoms with Crippen LogP contribution in [0.3, 0.4) is 0 Å². The van der Waals surface area contributed by atoms with Gasteiger partial charge in [-0.2, -0.15) is 13.2 Å². The van der Waals surface area contributed by atoms with Gasteiger partial charge in [0.2, 0.25) is 11.8 Å². The van der Waals surface area contributed by atoms with Gasteiger partial charge in [-0.25, -0.2) is 16.8 Å². The largest absolute Gasteiger partial charge is 0.416 e. The lowest BCUT2D eigenvalue weighted by Crippen LogP contribution is -2.47. The van der Waals surface area contributed by atoms with Crippen LogP contribution in [0, 0.1) is 11.8 Å². The fraction of sp³-hybridized carbons (Fsp3) is 0.622. The molecule has 4 rings (SSSR count). The Hall–Kier alpha value is -3.01. The molecule has 0 aromatic heterocycles. The lowest BCUT2D eigenvalue weighted by molar-refractivity contribution is -0.137. The van der Waals surface area contributed by atoms with Crippen LogP contribution in [0.4, 0.5) is 24.5 Å². The Labute approximate surface area is 306 Å². The number of rotatable bonds is 10. The van der Waals surface area contributed by atoms with Gasteiger partial charge >= 0.3 is 6.18 Å². The molecule has 292 valence electrons. The molecule has 10 nitrogen and oxygen atoms in total. The first-order valence-electron chi connectivity index (χ1n) is 17.4. The van der Waals surface area contributed by atoms with Crippen molar-refractivity contribution >= 4 is 42.9 Å². The standard InChI is InChI=1S/C20H31NO4S.C17H22F3NO4S/c1-19(2,3)16-6-8-17(9-7-16)21-18(22)20(4,5)26(23,24)14-15-10-12-25-13-11-15;1-16(2,26(23,24)11-12-6-8-25-9-7-12)15(22)21-14-5-3-4-13(10-14)17(18,19)20/h6-9,15H,10-14H2,1-5H3,(H,21,22);3-5,10,12H,6-9,11H2,1-2H3,(H,21,22). The number of nitrogens with one attached hydrogen (secondary N) is 2. The van der Waals surface area contributed by atoms with Crippen LogP contribution in [-0.4, -0.2) is 76.1 Å². The molecule has 2 N–H and O–H groups in total. The maximum Gasteiger partial charge on any atom is 0.416 e. The van der Waals surface area contributed by atoms with E-state index in [9.17, 15) is 39.6 Å². The molecule has 2 heterocycles. The van der Waals surface area contributed by atoms with Gasteiger partial charge in [-0.15, -0.1) is 0 Å². The molecule has 2 saturated heterocycles. The highest BCUT2D eigenvalue weighted by atomic mass is 32.2. The minimum Gasteiger partial charge on any atom is -0.381 e. The fourth-order valence-corrected chi connectivity index (χ4v) is 8.94. The van der Waals surface area contributed by atoms with Crippen molar-refractivity contribution in [3.8, 4) is 0 Å². The first-order valence-corrected chi connectivity index (χ1v) is 20.7. The number of sulfone groups is 2. The molecule has 0 unspecified atom stereocenters. The summed E-state index contributed by atoms with van der Waals surface area (Å²) in [4.78, 5) is 25.2. The first kappa shape index (κ1) is 43.4. The average molecular weight is 775 g/mol. The number of halogens is 3. The number of hydrogen-bond acceptors (Lipinski definition) is 8. The van der Waals surface area contributed by atoms with Gasteiger partial charge in [0.25, 0.3) is 0 Å². The summed E-state index contributed by atoms with van der Waals surface area (Å²) in [5.41, 5.74) is 0.770. The fourth-order valence-electron chi connectivity index (χ4n) is 5.54. The van der Waals surface area contributed by atoms with Crippen molar-refractivity contribution in [2.24, 2.45) is 11.8 Å². The topological polar surface area (TPSA) is 145 Å². The van der Waals surface area contributed by atoms with E-state index in [4.69, 9.17) is 9.47 Å². The average Bonchev–Trinajstić information content (AvgIpc) is 3.05. The van der Waals surface area contributed by atoms with E-state index in [0.29, 0.717) is 45.0 Å². The molecule has 2 aliphatic heterocycles. The number of benzene rings is 2. The number of carbonyl (C=O) groups is 2. The molecular weight excluding hydrogens is 722 g/mol. The molecule has 0 spiro atoms. The maximum absolute atomic E-state index is 12.8. The van der Waals surface area contributed by atoms with E-state index in [2.05, 4.69) is 31.4 Å². The predicted molar refractivity (Wildman–Crippen MR) is 197 cm³/mol. The van der Waals surface area contributed by atoms with Crippen LogP contribution in [-0.2, 0) is 50.3 Å². The van der Waals surface area contributed by atoms with Gasteiger partial charge in [-0.1, -0.05) is 39.0 Å². The molecule has 15 heteroatoms. The van der Waals surface area contributed by atoms with Crippen molar-refractivity contribution < 1.29 is 49.1 Å². The van der Waals surface area contributed by atoms with Crippen LogP contribution in [0.2, 0.25) is 0 Å². The van der Waals surface area contributed by atoms with Gasteiger partial charge in [-0.05, 0) is 107 Å². The summed E-state index contributed by atoms with van der Waals surface area (Å²) in [5, 5.41) is 5.06. The molecule has 52 heavy (non-hydrogen) atoms. The normalized spacial score (nSPS) is 17.1. The molecule has 2 amide bonds. The number of hydrogen-bond donors (Lipinski definition) is 2. The van der Waals surface area contributed by atoms with Crippen LogP contribution < -0.4 is 10.6 Å². The van der Waals surface area contributed by atoms with Crippen molar-refractivity contribution in [2.75, 3.05) is 48.6 Å². The lowest BCUT2D eigenvalue weighted by atomic mass is 9.87. The van der Waals surface area contributed by atoms with Gasteiger partial charge in [0, 0.05) is 37.8 Å². The van der Waals surface area contributed by atoms with Crippen molar-refractivity contribution in [1.82, 2.24) is 0 Å². The number of amides is 2. The Morgan fingerprint density at radius 3 is 1.42 bits per heavy atom. The Morgan fingerprint density at radius 2 is 1.04 bits per heavy atom. The van der Waals surface area contributed by atoms with Crippen LogP contribution in [0.1, 0.15) is 85.3 Å². The van der Waals surface area contributed by atoms with Gasteiger partial charge in [-0.3, -0.25) is 9.59 Å². The molecule has 0 atom stereocenters. The summed E-state index contributed by atoms with van der Waals surface area (Å²) in [6.45, 7) is 14.0. The zero-order valence-electron chi connectivity index (χ0n) is 31.1. The van der Waals surface area contributed by atoms with E-state index < -0.39 is 52.7 Å². The summed E-state index contributed by atoms with van der Waals surface area (Å²) in [5.74, 6) is -1.50. The zero-order valence-corrected chi connectivity index (χ0v) is 32.7. The van der Waals surface area contributed by atoms with Crippen molar-refractivity contribution in [2.45, 2.75) is 95.2 Å². The summed E-state index contributed by atoms with van der Waals surface area (Å²) < 4.78 is 96.6. The molecule has 0 aliphatic carbocycles. The molecular formula is C37H53F3N2O8S2. The van der Waals surface area contributed by atoms with Crippen LogP contribution in [0.25, 0.3) is 0 Å². The van der Waals surface area contributed by atoms with Crippen LogP contribution in [0.15, 0.2) is 48.5 Å². The summed E-state index contributed by atoms with van der Waals surface area (Å²) in [7, 11) is -7.38. The van der Waals surface area contributed by atoms with Crippen molar-refractivity contribution in [1.29, 1.82) is 0 Å². The van der Waals surface area contributed by atoms with E-state index >= 15 is 0 Å². The molecule has 2 fully saturated rings. The van der Waals surface area contributed by atoms with Gasteiger partial charge in [0.15, 0.2) is 19.7 Å². The molecule has 0 saturated carbocycles. The van der Waals surface area contributed by atoms with Gasteiger partial charge in [0.05, 0.1) is 17.1 Å². The quantitative estimate of drug-likeness (QED) is 0.268. The SMILES string of the molecule is CC(C)(C(=O)Nc1cccc(C(F)(F)F)c1)S(=O)(=O)CC1CCOCC1.CC(C)(C)c1ccc(NC(=O)C(C)(C)S(=O)(=O)CC2CCOCC2)cc1. The number of carbonyl (C=O) groups excluding carboxylic acids is 2. The van der Waals surface area contributed by atoms with Crippen molar-refractivity contribution in [3.05, 3.63) is 59.7 Å². The van der Waals surface area contributed by atoms with Gasteiger partial charge < -0.3 is 20.1 Å². The highest BCUT2D eigenvalue weighted by Gasteiger charge is 2.44. The molecule has 0 radical (unpaired) electrons. The van der Waals surface area contributed by atoms with Crippen molar-refractivity contribution in [3.63, 3.8) is 0 Å². The molecule has 2 aromatic carbocycles. The predicted octanol–water partition coefficient (Wildman–Crippen LogP) is 6.81. The zero-order chi connectivity index (χ0) is 39.2. The Balaban J connectivity index is 0.000000280. The number of anilines is 2. The third-order valence-corrected chi connectivity index (χ3v) is 15.0. The summed E-state index contributed by atoms with van der Waals surface area (Å²) >= 11 is 0. The third-order valence-electron chi connectivity index (χ3n) is 9.70. The molecule has 2 aliphatic rings. The second-order valence-electron chi connectivity index (χ2n) is 15.5. The molecule has 0 bridgehead atoms. The van der Waals surface area contributed by atoms with E-state index in [-0.39, 0.29) is 34.4 Å². The third kappa shape index (κ3) is 11.5. The highest BCUT2D eigenvalue weighted by molar-refractivity contribution is 7.93. The van der Waals surface area contributed by atoms with Crippen LogP contribution >= 0.6 is 0 Å². The first-order chi connectivity index (χ1) is 23.9. The Morgan fingerprint density at radius 1 is 0.635 bits per heavy atom. The lowest BCUT2D eigenvalue weighted by Gasteiger charge is -2.28. The number of ether oxygens (including phenoxy) is 2. The number of alkyl halides is 3. The second-order valence-corrected chi connectivity index (χ2v) is 20.7. The summed E-state index contributed by atoms with van der Waals surface area (Å²) in [6, 6.07) is 11.6. The van der Waals surface area contributed by atoms with Gasteiger partial charge in [0.1, 0.15) is 9.49 Å². The van der Waals surface area contributed by atoms with E-state index in [1.54, 1.807) is 0 Å². The summed E-state index contributed by atoms with van der Waals surface area (Å²) in [6.07, 6.45) is -1.89. The minimum absolute atomic E-state index is 0.0227. The van der Waals surface area contributed by atoms with E-state index in [0.717, 1.165) is 36.6 Å². The Bertz CT molecular complexity index is 1740. The highest BCUT2D eigenvalue weighted by Crippen LogP contribution is 2.32. The Kier molecular flexibility index (Phi) is 14.2. The second kappa shape index (κ2) is 17.0. The maximum atomic E-state index is 12.8. The van der Waals surface area contributed by atoms with Crippen LogP contribution in [0.5, 0.6) is 0 Å². The van der Waals surface area contributed by atoms with E-state index in [1.807, 2.05) is 24.3 Å². The molecule has 2 aromatic rings. The monoisotopic (exact) mass is 774 g/mol. The minimum atomic E-state index is -4.55.